The van der Waals surface area contributed by atoms with Gasteiger partial charge in [0.1, 0.15) is 11.3 Å². The lowest BCUT2D eigenvalue weighted by Crippen LogP contribution is -2.00. The smallest absolute Gasteiger partial charge is 0.339 e. The van der Waals surface area contributed by atoms with Gasteiger partial charge in [-0.2, -0.15) is 0 Å². The maximum atomic E-state index is 11.0. The number of carbonyl (C=O) groups is 1. The van der Waals surface area contributed by atoms with E-state index in [1.165, 1.54) is 7.11 Å². The predicted octanol–water partition coefficient (Wildman–Crippen LogP) is 2.13. The molecule has 0 saturated heterocycles. The zero-order valence-electron chi connectivity index (χ0n) is 8.73. The first kappa shape index (κ1) is 10.3. The van der Waals surface area contributed by atoms with Crippen molar-refractivity contribution >= 4 is 22.4 Å². The van der Waals surface area contributed by atoms with Gasteiger partial charge in [0, 0.05) is 5.69 Å². The van der Waals surface area contributed by atoms with Gasteiger partial charge in [0.15, 0.2) is 0 Å². The Bertz CT molecular complexity index is 563. The van der Waals surface area contributed by atoms with Gasteiger partial charge in [0.2, 0.25) is 0 Å². The van der Waals surface area contributed by atoms with Crippen LogP contribution in [0.15, 0.2) is 30.3 Å². The maximum absolute atomic E-state index is 11.0. The van der Waals surface area contributed by atoms with Crippen LogP contribution in [0.25, 0.3) is 10.8 Å². The van der Waals surface area contributed by atoms with Gasteiger partial charge < -0.3 is 15.6 Å². The van der Waals surface area contributed by atoms with Gasteiger partial charge in [0.05, 0.1) is 7.11 Å². The molecule has 0 spiro atoms. The fraction of sp³-hybridized carbons (Fsp3) is 0.0833. The summed E-state index contributed by atoms with van der Waals surface area (Å²) in [5.41, 5.74) is 6.39. The summed E-state index contributed by atoms with van der Waals surface area (Å²) in [6, 6.07) is 8.59. The average molecular weight is 217 g/mol. The van der Waals surface area contributed by atoms with Crippen molar-refractivity contribution in [3.63, 3.8) is 0 Å². The van der Waals surface area contributed by atoms with Crippen molar-refractivity contribution in [2.24, 2.45) is 0 Å². The fourth-order valence-corrected chi connectivity index (χ4v) is 1.63. The van der Waals surface area contributed by atoms with Crippen molar-refractivity contribution in [1.29, 1.82) is 0 Å². The second-order valence-electron chi connectivity index (χ2n) is 3.46. The first-order valence-electron chi connectivity index (χ1n) is 4.72. The molecular formula is C12H11NO3. The Balaban J connectivity index is 2.75. The maximum Gasteiger partial charge on any atom is 0.339 e. The second-order valence-corrected chi connectivity index (χ2v) is 3.46. The Hall–Kier alpha value is -2.23. The standard InChI is InChI=1S/C12H11NO3/c1-16-11-6-7-2-3-9(13)4-8(7)5-10(11)12(14)15/h2-6H,13H2,1H3,(H,14,15). The van der Waals surface area contributed by atoms with E-state index in [1.807, 2.05) is 6.07 Å². The van der Waals surface area contributed by atoms with Crippen LogP contribution in [-0.4, -0.2) is 18.2 Å². The minimum Gasteiger partial charge on any atom is -0.496 e. The van der Waals surface area contributed by atoms with Crippen molar-refractivity contribution < 1.29 is 14.6 Å². The number of hydrogen-bond donors (Lipinski definition) is 2. The normalized spacial score (nSPS) is 10.3. The molecule has 0 radical (unpaired) electrons. The topological polar surface area (TPSA) is 72.5 Å². The van der Waals surface area contributed by atoms with Crippen molar-refractivity contribution in [3.8, 4) is 5.75 Å². The van der Waals surface area contributed by atoms with E-state index in [2.05, 4.69) is 0 Å². The van der Waals surface area contributed by atoms with Crippen LogP contribution < -0.4 is 10.5 Å². The second kappa shape index (κ2) is 3.73. The Labute approximate surface area is 92.3 Å². The molecule has 0 heterocycles. The van der Waals surface area contributed by atoms with E-state index >= 15 is 0 Å². The van der Waals surface area contributed by atoms with Gasteiger partial charge in [-0.25, -0.2) is 4.79 Å². The van der Waals surface area contributed by atoms with Gasteiger partial charge in [0.25, 0.3) is 0 Å². The number of rotatable bonds is 2. The largest absolute Gasteiger partial charge is 0.496 e. The SMILES string of the molecule is COc1cc2ccc(N)cc2cc1C(=O)O. The number of benzene rings is 2. The molecule has 4 heteroatoms. The van der Waals surface area contributed by atoms with Crippen LogP contribution >= 0.6 is 0 Å². The summed E-state index contributed by atoms with van der Waals surface area (Å²) in [6.45, 7) is 0. The van der Waals surface area contributed by atoms with Crippen LogP contribution in [0.5, 0.6) is 5.75 Å². The molecule has 0 saturated carbocycles. The van der Waals surface area contributed by atoms with Gasteiger partial charge in [-0.15, -0.1) is 0 Å². The number of carboxylic acid groups (broad SMARTS) is 1. The van der Waals surface area contributed by atoms with Crippen LogP contribution in [-0.2, 0) is 0 Å². The third-order valence-corrected chi connectivity index (χ3v) is 2.41. The van der Waals surface area contributed by atoms with Crippen LogP contribution in [0, 0.1) is 0 Å². The summed E-state index contributed by atoms with van der Waals surface area (Å²) < 4.78 is 5.03. The molecule has 0 aliphatic heterocycles. The van der Waals surface area contributed by atoms with E-state index < -0.39 is 5.97 Å². The molecule has 0 amide bonds. The Morgan fingerprint density at radius 3 is 2.62 bits per heavy atom. The summed E-state index contributed by atoms with van der Waals surface area (Å²) in [5, 5.41) is 10.7. The summed E-state index contributed by atoms with van der Waals surface area (Å²) >= 11 is 0. The van der Waals surface area contributed by atoms with E-state index in [0.717, 1.165) is 10.8 Å². The van der Waals surface area contributed by atoms with Gasteiger partial charge >= 0.3 is 5.97 Å². The van der Waals surface area contributed by atoms with E-state index in [9.17, 15) is 4.79 Å². The molecule has 2 rings (SSSR count). The molecule has 82 valence electrons. The highest BCUT2D eigenvalue weighted by atomic mass is 16.5. The molecule has 0 unspecified atom stereocenters. The lowest BCUT2D eigenvalue weighted by Gasteiger charge is -2.07. The Morgan fingerprint density at radius 2 is 2.00 bits per heavy atom. The molecule has 2 aromatic rings. The van der Waals surface area contributed by atoms with Gasteiger partial charge in [-0.1, -0.05) is 6.07 Å². The number of fused-ring (bicyclic) bond motifs is 1. The highest BCUT2D eigenvalue weighted by Crippen LogP contribution is 2.27. The lowest BCUT2D eigenvalue weighted by molar-refractivity contribution is 0.0693. The number of nitrogen functional groups attached to an aromatic ring is 1. The average Bonchev–Trinajstić information content (AvgIpc) is 2.27. The molecule has 0 fully saturated rings. The fourth-order valence-electron chi connectivity index (χ4n) is 1.63. The molecule has 2 aromatic carbocycles. The van der Waals surface area contributed by atoms with Gasteiger partial charge in [-0.05, 0) is 35.0 Å². The number of anilines is 1. The number of methoxy groups -OCH3 is 1. The molecular weight excluding hydrogens is 206 g/mol. The number of carboxylic acids is 1. The van der Waals surface area contributed by atoms with Crippen LogP contribution in [0.1, 0.15) is 10.4 Å². The molecule has 0 aliphatic rings. The Morgan fingerprint density at radius 1 is 1.25 bits per heavy atom. The van der Waals surface area contributed by atoms with Crippen molar-refractivity contribution in [2.45, 2.75) is 0 Å². The van der Waals surface area contributed by atoms with Crippen molar-refractivity contribution in [3.05, 3.63) is 35.9 Å². The minimum absolute atomic E-state index is 0.139. The van der Waals surface area contributed by atoms with Crippen LogP contribution in [0.4, 0.5) is 5.69 Å². The van der Waals surface area contributed by atoms with Gasteiger partial charge in [-0.3, -0.25) is 0 Å². The number of ether oxygens (including phenoxy) is 1. The zero-order valence-corrected chi connectivity index (χ0v) is 8.73. The molecule has 0 aliphatic carbocycles. The first-order valence-corrected chi connectivity index (χ1v) is 4.72. The van der Waals surface area contributed by atoms with E-state index in [4.69, 9.17) is 15.6 Å². The Kier molecular flexibility index (Phi) is 2.40. The predicted molar refractivity (Wildman–Crippen MR) is 61.9 cm³/mol. The summed E-state index contributed by atoms with van der Waals surface area (Å²) in [4.78, 5) is 11.0. The minimum atomic E-state index is -1.01. The van der Waals surface area contributed by atoms with E-state index in [0.29, 0.717) is 11.4 Å². The molecule has 4 nitrogen and oxygen atoms in total. The third kappa shape index (κ3) is 1.65. The molecule has 0 bridgehead atoms. The van der Waals surface area contributed by atoms with Crippen molar-refractivity contribution in [2.75, 3.05) is 12.8 Å². The molecule has 0 aromatic heterocycles. The van der Waals surface area contributed by atoms with Crippen LogP contribution in [0.3, 0.4) is 0 Å². The monoisotopic (exact) mass is 217 g/mol. The molecule has 3 N–H and O–H groups in total. The lowest BCUT2D eigenvalue weighted by atomic mass is 10.1. The first-order chi connectivity index (χ1) is 7.61. The third-order valence-electron chi connectivity index (χ3n) is 2.41. The number of hydrogen-bond acceptors (Lipinski definition) is 3. The summed E-state index contributed by atoms with van der Waals surface area (Å²) in [7, 11) is 1.45. The highest BCUT2D eigenvalue weighted by molar-refractivity contribution is 5.98. The number of nitrogens with two attached hydrogens (primary N) is 1. The van der Waals surface area contributed by atoms with E-state index in [1.54, 1.807) is 24.3 Å². The van der Waals surface area contributed by atoms with Crippen molar-refractivity contribution in [1.82, 2.24) is 0 Å². The molecule has 0 atom stereocenters. The zero-order chi connectivity index (χ0) is 11.7. The highest BCUT2D eigenvalue weighted by Gasteiger charge is 2.11. The van der Waals surface area contributed by atoms with E-state index in [-0.39, 0.29) is 5.56 Å². The molecule has 16 heavy (non-hydrogen) atoms. The summed E-state index contributed by atoms with van der Waals surface area (Å²) in [6.07, 6.45) is 0. The summed E-state index contributed by atoms with van der Waals surface area (Å²) in [5.74, 6) is -0.661. The quantitative estimate of drug-likeness (QED) is 0.756. The number of aromatic carboxylic acids is 1. The van der Waals surface area contributed by atoms with Crippen LogP contribution in [0.2, 0.25) is 0 Å².